The Hall–Kier alpha value is -1.11. The fraction of sp³-hybridized carbons (Fsp3) is 0.125. The summed E-state index contributed by atoms with van der Waals surface area (Å²) in [6, 6.07) is 1.09. The zero-order chi connectivity index (χ0) is 11.8. The molecule has 1 aromatic rings. The molecule has 0 radical (unpaired) electrons. The van der Waals surface area contributed by atoms with Gasteiger partial charge in [0.25, 0.3) is 0 Å². The van der Waals surface area contributed by atoms with Crippen molar-refractivity contribution in [2.75, 3.05) is 0 Å². The van der Waals surface area contributed by atoms with Crippen LogP contribution in [0.4, 0.5) is 17.6 Å². The van der Waals surface area contributed by atoms with Crippen molar-refractivity contribution in [1.29, 1.82) is 0 Å². The number of aromatic carboxylic acids is 1. The Morgan fingerprint density at radius 2 is 1.87 bits per heavy atom. The largest absolute Gasteiger partial charge is 0.478 e. The second-order valence-corrected chi connectivity index (χ2v) is 3.38. The van der Waals surface area contributed by atoms with Gasteiger partial charge in [-0.25, -0.2) is 9.18 Å². The summed E-state index contributed by atoms with van der Waals surface area (Å²) in [6.07, 6.45) is -4.84. The number of hydrogen-bond acceptors (Lipinski definition) is 1. The molecule has 0 bridgehead atoms. The van der Waals surface area contributed by atoms with E-state index in [9.17, 15) is 22.4 Å². The summed E-state index contributed by atoms with van der Waals surface area (Å²) < 4.78 is 48.8. The van der Waals surface area contributed by atoms with Crippen molar-refractivity contribution in [1.82, 2.24) is 0 Å². The van der Waals surface area contributed by atoms with Crippen molar-refractivity contribution in [2.45, 2.75) is 6.18 Å². The predicted octanol–water partition coefficient (Wildman–Crippen LogP) is 3.31. The first kappa shape index (κ1) is 12.0. The molecule has 0 aliphatic heterocycles. The summed E-state index contributed by atoms with van der Waals surface area (Å²) >= 11 is 2.47. The second-order valence-electron chi connectivity index (χ2n) is 2.59. The topological polar surface area (TPSA) is 37.3 Å². The third-order valence-corrected chi connectivity index (χ3v) is 2.39. The zero-order valence-corrected chi connectivity index (χ0v) is 8.49. The average Bonchev–Trinajstić information content (AvgIpc) is 2.06. The van der Waals surface area contributed by atoms with Gasteiger partial charge in [-0.15, -0.1) is 0 Å². The van der Waals surface area contributed by atoms with Crippen LogP contribution in [0.25, 0.3) is 0 Å². The lowest BCUT2D eigenvalue weighted by Crippen LogP contribution is -2.10. The average molecular weight is 287 g/mol. The van der Waals surface area contributed by atoms with E-state index in [1.807, 2.05) is 0 Å². The maximum atomic E-state index is 13.1. The number of carbonyl (C=O) groups is 1. The lowest BCUT2D eigenvalue weighted by Gasteiger charge is -2.09. The van der Waals surface area contributed by atoms with E-state index < -0.39 is 33.6 Å². The quantitative estimate of drug-likeness (QED) is 0.805. The first-order valence-electron chi connectivity index (χ1n) is 3.53. The standard InChI is InChI=1S/C8H3BrF4O2/c9-5-3(7(14)15)1-2-4(6(5)10)8(11,12)13/h1-2H,(H,14,15). The van der Waals surface area contributed by atoms with E-state index in [2.05, 4.69) is 15.9 Å². The number of carboxylic acids is 1. The lowest BCUT2D eigenvalue weighted by atomic mass is 10.1. The molecule has 0 aromatic heterocycles. The summed E-state index contributed by atoms with van der Waals surface area (Å²) in [5, 5.41) is 8.51. The van der Waals surface area contributed by atoms with Gasteiger partial charge in [0.15, 0.2) is 0 Å². The molecular weight excluding hydrogens is 284 g/mol. The fourth-order valence-electron chi connectivity index (χ4n) is 0.934. The first-order valence-corrected chi connectivity index (χ1v) is 4.33. The van der Waals surface area contributed by atoms with E-state index in [0.717, 1.165) is 0 Å². The smallest absolute Gasteiger partial charge is 0.419 e. The van der Waals surface area contributed by atoms with Crippen LogP contribution in [0, 0.1) is 5.82 Å². The molecule has 7 heteroatoms. The molecule has 1 rings (SSSR count). The molecule has 0 spiro atoms. The van der Waals surface area contributed by atoms with Crippen molar-refractivity contribution in [2.24, 2.45) is 0 Å². The Labute approximate surface area is 89.6 Å². The van der Waals surface area contributed by atoms with Crippen LogP contribution in [-0.2, 0) is 6.18 Å². The molecule has 1 N–H and O–H groups in total. The number of hydrogen-bond donors (Lipinski definition) is 1. The van der Waals surface area contributed by atoms with Crippen LogP contribution < -0.4 is 0 Å². The third kappa shape index (κ3) is 2.28. The van der Waals surface area contributed by atoms with Gasteiger partial charge in [-0.3, -0.25) is 0 Å². The third-order valence-electron chi connectivity index (χ3n) is 1.62. The number of halogens is 5. The monoisotopic (exact) mass is 286 g/mol. The van der Waals surface area contributed by atoms with Crippen molar-refractivity contribution < 1.29 is 27.5 Å². The van der Waals surface area contributed by atoms with Gasteiger partial charge in [-0.1, -0.05) is 0 Å². The molecule has 2 nitrogen and oxygen atoms in total. The maximum Gasteiger partial charge on any atom is 0.419 e. The van der Waals surface area contributed by atoms with E-state index in [-0.39, 0.29) is 0 Å². The molecule has 0 saturated carbocycles. The van der Waals surface area contributed by atoms with Gasteiger partial charge >= 0.3 is 12.1 Å². The molecular formula is C8H3BrF4O2. The number of rotatable bonds is 1. The fourth-order valence-corrected chi connectivity index (χ4v) is 1.45. The molecule has 0 fully saturated rings. The maximum absolute atomic E-state index is 13.1. The molecule has 15 heavy (non-hydrogen) atoms. The van der Waals surface area contributed by atoms with Crippen LogP contribution >= 0.6 is 15.9 Å². The van der Waals surface area contributed by atoms with E-state index in [1.54, 1.807) is 0 Å². The van der Waals surface area contributed by atoms with Crippen LogP contribution in [0.15, 0.2) is 16.6 Å². The van der Waals surface area contributed by atoms with Gasteiger partial charge in [0.2, 0.25) is 0 Å². The number of benzene rings is 1. The molecule has 0 saturated heterocycles. The predicted molar refractivity (Wildman–Crippen MR) is 46.1 cm³/mol. The van der Waals surface area contributed by atoms with Crippen LogP contribution in [0.3, 0.4) is 0 Å². The van der Waals surface area contributed by atoms with Crippen molar-refractivity contribution in [3.8, 4) is 0 Å². The van der Waals surface area contributed by atoms with Gasteiger partial charge in [0.1, 0.15) is 5.82 Å². The molecule has 1 aromatic carbocycles. The van der Waals surface area contributed by atoms with Crippen LogP contribution in [0.1, 0.15) is 15.9 Å². The Bertz CT molecular complexity index is 414. The van der Waals surface area contributed by atoms with E-state index in [0.29, 0.717) is 12.1 Å². The van der Waals surface area contributed by atoms with Crippen LogP contribution in [0.5, 0.6) is 0 Å². The Kier molecular flexibility index (Phi) is 3.03. The van der Waals surface area contributed by atoms with Crippen LogP contribution in [-0.4, -0.2) is 11.1 Å². The van der Waals surface area contributed by atoms with Gasteiger partial charge in [-0.05, 0) is 28.1 Å². The summed E-state index contributed by atoms with van der Waals surface area (Å²) in [7, 11) is 0. The SMILES string of the molecule is O=C(O)c1ccc(C(F)(F)F)c(F)c1Br. The molecule has 0 heterocycles. The molecule has 0 aliphatic carbocycles. The van der Waals surface area contributed by atoms with E-state index in [4.69, 9.17) is 5.11 Å². The summed E-state index contributed by atoms with van der Waals surface area (Å²) in [5.74, 6) is -3.13. The van der Waals surface area contributed by atoms with E-state index in [1.165, 1.54) is 0 Å². The highest BCUT2D eigenvalue weighted by Gasteiger charge is 2.35. The van der Waals surface area contributed by atoms with E-state index >= 15 is 0 Å². The highest BCUT2D eigenvalue weighted by Crippen LogP contribution is 2.35. The van der Waals surface area contributed by atoms with Gasteiger partial charge in [0.05, 0.1) is 15.6 Å². The molecule has 82 valence electrons. The highest BCUT2D eigenvalue weighted by molar-refractivity contribution is 9.10. The minimum absolute atomic E-state index is 0.392. The Morgan fingerprint density at radius 3 is 2.27 bits per heavy atom. The van der Waals surface area contributed by atoms with Gasteiger partial charge in [0, 0.05) is 0 Å². The lowest BCUT2D eigenvalue weighted by molar-refractivity contribution is -0.140. The number of carboxylic acid groups (broad SMARTS) is 1. The molecule has 0 amide bonds. The summed E-state index contributed by atoms with van der Waals surface area (Å²) in [6.45, 7) is 0. The van der Waals surface area contributed by atoms with Crippen LogP contribution in [0.2, 0.25) is 0 Å². The van der Waals surface area contributed by atoms with Crippen molar-refractivity contribution >= 4 is 21.9 Å². The second kappa shape index (κ2) is 3.80. The minimum atomic E-state index is -4.84. The van der Waals surface area contributed by atoms with Gasteiger partial charge in [-0.2, -0.15) is 13.2 Å². The summed E-state index contributed by atoms with van der Waals surface area (Å²) in [5.41, 5.74) is -2.06. The summed E-state index contributed by atoms with van der Waals surface area (Å²) in [4.78, 5) is 10.5. The Balaban J connectivity index is 3.41. The number of alkyl halides is 3. The molecule has 0 unspecified atom stereocenters. The molecule has 0 aliphatic rings. The van der Waals surface area contributed by atoms with Crippen molar-refractivity contribution in [3.63, 3.8) is 0 Å². The van der Waals surface area contributed by atoms with Gasteiger partial charge < -0.3 is 5.11 Å². The first-order chi connectivity index (χ1) is 6.75. The van der Waals surface area contributed by atoms with Crippen molar-refractivity contribution in [3.05, 3.63) is 33.5 Å². The highest BCUT2D eigenvalue weighted by atomic mass is 79.9. The zero-order valence-electron chi connectivity index (χ0n) is 6.90. The Morgan fingerprint density at radius 1 is 1.33 bits per heavy atom. The minimum Gasteiger partial charge on any atom is -0.478 e. The molecule has 0 atom stereocenters. The normalized spacial score (nSPS) is 11.5.